The zero-order valence-corrected chi connectivity index (χ0v) is 17.2. The third kappa shape index (κ3) is 4.23. The number of carbonyl (C=O) groups excluding carboxylic acids is 1. The SMILES string of the molecule is CCc1cn(CCO)c(C2CCN(c3ncnc4c3C(C(F)(F)F)CC(=O)N4)CC2)n1. The minimum Gasteiger partial charge on any atom is -0.395 e. The highest BCUT2D eigenvalue weighted by molar-refractivity contribution is 5.94. The highest BCUT2D eigenvalue weighted by atomic mass is 19.4. The summed E-state index contributed by atoms with van der Waals surface area (Å²) in [6.07, 6.45) is 0.125. The van der Waals surface area contributed by atoms with E-state index in [9.17, 15) is 23.1 Å². The molecular formula is C20H25F3N6O2. The minimum absolute atomic E-state index is 0.0168. The van der Waals surface area contributed by atoms with Gasteiger partial charge in [0.15, 0.2) is 0 Å². The number of rotatable bonds is 5. The summed E-state index contributed by atoms with van der Waals surface area (Å²) in [7, 11) is 0. The predicted molar refractivity (Wildman–Crippen MR) is 107 cm³/mol. The lowest BCUT2D eigenvalue weighted by Crippen LogP contribution is -2.38. The smallest absolute Gasteiger partial charge is 0.395 e. The number of hydrogen-bond donors (Lipinski definition) is 2. The first kappa shape index (κ1) is 21.5. The molecule has 2 aliphatic rings. The summed E-state index contributed by atoms with van der Waals surface area (Å²) < 4.78 is 43.0. The second-order valence-electron chi connectivity index (χ2n) is 7.93. The maximum atomic E-state index is 13.7. The molecule has 4 rings (SSSR count). The van der Waals surface area contributed by atoms with Gasteiger partial charge in [0.05, 0.1) is 23.8 Å². The Kier molecular flexibility index (Phi) is 5.87. The lowest BCUT2D eigenvalue weighted by Gasteiger charge is -2.36. The molecule has 1 amide bonds. The molecule has 2 N–H and O–H groups in total. The quantitative estimate of drug-likeness (QED) is 0.745. The molecule has 0 spiro atoms. The van der Waals surface area contributed by atoms with Crippen LogP contribution in [0.1, 0.15) is 55.1 Å². The summed E-state index contributed by atoms with van der Waals surface area (Å²) >= 11 is 0. The highest BCUT2D eigenvalue weighted by Gasteiger charge is 2.48. The Balaban J connectivity index is 1.57. The number of hydrogen-bond acceptors (Lipinski definition) is 6. The zero-order chi connectivity index (χ0) is 22.2. The van der Waals surface area contributed by atoms with Crippen molar-refractivity contribution in [2.45, 2.75) is 57.2 Å². The normalized spacial score (nSPS) is 20.0. The van der Waals surface area contributed by atoms with Crippen LogP contribution in [0.3, 0.4) is 0 Å². The van der Waals surface area contributed by atoms with E-state index in [-0.39, 0.29) is 29.7 Å². The maximum Gasteiger partial charge on any atom is 0.396 e. The van der Waals surface area contributed by atoms with Gasteiger partial charge in [0.25, 0.3) is 0 Å². The second kappa shape index (κ2) is 8.45. The van der Waals surface area contributed by atoms with Gasteiger partial charge in [-0.25, -0.2) is 15.0 Å². The molecule has 2 aromatic heterocycles. The van der Waals surface area contributed by atoms with Crippen molar-refractivity contribution in [3.63, 3.8) is 0 Å². The molecule has 0 bridgehead atoms. The van der Waals surface area contributed by atoms with E-state index in [1.165, 1.54) is 6.33 Å². The van der Waals surface area contributed by atoms with E-state index in [4.69, 9.17) is 4.98 Å². The number of fused-ring (bicyclic) bond motifs is 1. The summed E-state index contributed by atoms with van der Waals surface area (Å²) in [4.78, 5) is 26.4. The molecule has 2 aliphatic heterocycles. The van der Waals surface area contributed by atoms with Gasteiger partial charge in [0.2, 0.25) is 5.91 Å². The molecule has 0 saturated carbocycles. The van der Waals surface area contributed by atoms with E-state index in [2.05, 4.69) is 15.3 Å². The number of halogens is 3. The fraction of sp³-hybridized carbons (Fsp3) is 0.600. The van der Waals surface area contributed by atoms with E-state index in [0.717, 1.165) is 17.9 Å². The molecule has 8 nitrogen and oxygen atoms in total. The predicted octanol–water partition coefficient (Wildman–Crippen LogP) is 2.60. The topological polar surface area (TPSA) is 96.2 Å². The first-order valence-corrected chi connectivity index (χ1v) is 10.4. The molecule has 11 heteroatoms. The first-order chi connectivity index (χ1) is 14.8. The number of nitrogens with zero attached hydrogens (tertiary/aromatic N) is 5. The standard InChI is InChI=1S/C20H25F3N6O2/c1-2-13-10-29(7-8-30)18(26-13)12-3-5-28(6-4-12)19-16-14(20(21,22)23)9-15(31)27-17(16)24-11-25-19/h10-12,14,30H,2-9H2,1H3,(H,24,25,27,31). The van der Waals surface area contributed by atoms with Crippen LogP contribution in [0.4, 0.5) is 24.8 Å². The van der Waals surface area contributed by atoms with Crippen molar-refractivity contribution in [3.8, 4) is 0 Å². The molecule has 168 valence electrons. The summed E-state index contributed by atoms with van der Waals surface area (Å²) in [5.74, 6) is -1.37. The van der Waals surface area contributed by atoms with E-state index in [0.29, 0.717) is 32.5 Å². The van der Waals surface area contributed by atoms with E-state index >= 15 is 0 Å². The number of piperidine rings is 1. The van der Waals surface area contributed by atoms with Crippen LogP contribution in [0.25, 0.3) is 0 Å². The number of imidazole rings is 1. The van der Waals surface area contributed by atoms with Gasteiger partial charge in [-0.15, -0.1) is 0 Å². The molecule has 1 fully saturated rings. The average Bonchev–Trinajstić information content (AvgIpc) is 3.15. The number of aliphatic hydroxyl groups excluding tert-OH is 1. The zero-order valence-electron chi connectivity index (χ0n) is 17.2. The number of aryl methyl sites for hydroxylation is 1. The van der Waals surface area contributed by atoms with Gasteiger partial charge in [-0.2, -0.15) is 13.2 Å². The number of aromatic nitrogens is 4. The summed E-state index contributed by atoms with van der Waals surface area (Å²) in [5, 5.41) is 11.8. The number of amides is 1. The Labute approximate surface area is 177 Å². The van der Waals surface area contributed by atoms with Gasteiger partial charge < -0.3 is 19.9 Å². The number of carbonyl (C=O) groups is 1. The van der Waals surface area contributed by atoms with Crippen molar-refractivity contribution >= 4 is 17.5 Å². The Morgan fingerprint density at radius 1 is 1.26 bits per heavy atom. The molecule has 1 unspecified atom stereocenters. The molecule has 1 atom stereocenters. The molecular weight excluding hydrogens is 413 g/mol. The molecule has 0 radical (unpaired) electrons. The lowest BCUT2D eigenvalue weighted by atomic mass is 9.90. The highest BCUT2D eigenvalue weighted by Crippen LogP contribution is 2.46. The Morgan fingerprint density at radius 3 is 2.65 bits per heavy atom. The molecule has 4 heterocycles. The molecule has 0 aliphatic carbocycles. The van der Waals surface area contributed by atoms with Crippen LogP contribution in [0.5, 0.6) is 0 Å². The van der Waals surface area contributed by atoms with Gasteiger partial charge >= 0.3 is 6.18 Å². The lowest BCUT2D eigenvalue weighted by molar-refractivity contribution is -0.156. The molecule has 1 saturated heterocycles. The molecule has 2 aromatic rings. The fourth-order valence-electron chi connectivity index (χ4n) is 4.43. The fourth-order valence-corrected chi connectivity index (χ4v) is 4.43. The van der Waals surface area contributed by atoms with Gasteiger partial charge in [0, 0.05) is 38.2 Å². The largest absolute Gasteiger partial charge is 0.396 e. The van der Waals surface area contributed by atoms with E-state index in [1.54, 1.807) is 0 Å². The Hall–Kier alpha value is -2.69. The average molecular weight is 438 g/mol. The molecule has 0 aromatic carbocycles. The van der Waals surface area contributed by atoms with Crippen LogP contribution in [-0.4, -0.2) is 56.4 Å². The second-order valence-corrected chi connectivity index (χ2v) is 7.93. The Morgan fingerprint density at radius 2 is 2.00 bits per heavy atom. The van der Waals surface area contributed by atoms with E-state index in [1.807, 2.05) is 22.6 Å². The Bertz CT molecular complexity index is 953. The summed E-state index contributed by atoms with van der Waals surface area (Å²) in [5.41, 5.74) is 0.905. The minimum atomic E-state index is -4.56. The van der Waals surface area contributed by atoms with Gasteiger partial charge in [0.1, 0.15) is 23.8 Å². The van der Waals surface area contributed by atoms with Crippen LogP contribution in [-0.2, 0) is 17.8 Å². The van der Waals surface area contributed by atoms with Crippen LogP contribution in [0, 0.1) is 0 Å². The number of anilines is 2. The van der Waals surface area contributed by atoms with Crippen LogP contribution < -0.4 is 10.2 Å². The number of alkyl halides is 3. The van der Waals surface area contributed by atoms with Crippen LogP contribution in [0.15, 0.2) is 12.5 Å². The third-order valence-electron chi connectivity index (χ3n) is 5.97. The monoisotopic (exact) mass is 438 g/mol. The van der Waals surface area contributed by atoms with Crippen molar-refractivity contribution in [1.29, 1.82) is 0 Å². The van der Waals surface area contributed by atoms with Gasteiger partial charge in [-0.05, 0) is 19.3 Å². The number of aliphatic hydroxyl groups is 1. The van der Waals surface area contributed by atoms with Crippen molar-refractivity contribution in [2.75, 3.05) is 29.9 Å². The van der Waals surface area contributed by atoms with Crippen molar-refractivity contribution < 1.29 is 23.1 Å². The maximum absolute atomic E-state index is 13.7. The van der Waals surface area contributed by atoms with Crippen molar-refractivity contribution in [1.82, 2.24) is 19.5 Å². The van der Waals surface area contributed by atoms with Crippen LogP contribution in [0.2, 0.25) is 0 Å². The first-order valence-electron chi connectivity index (χ1n) is 10.4. The van der Waals surface area contributed by atoms with Crippen molar-refractivity contribution in [3.05, 3.63) is 29.6 Å². The number of nitrogens with one attached hydrogen (secondary N) is 1. The van der Waals surface area contributed by atoms with E-state index < -0.39 is 24.4 Å². The van der Waals surface area contributed by atoms with Crippen LogP contribution >= 0.6 is 0 Å². The summed E-state index contributed by atoms with van der Waals surface area (Å²) in [6.45, 7) is 3.53. The summed E-state index contributed by atoms with van der Waals surface area (Å²) in [6, 6.07) is 0. The third-order valence-corrected chi connectivity index (χ3v) is 5.97. The van der Waals surface area contributed by atoms with Crippen molar-refractivity contribution in [2.24, 2.45) is 0 Å². The molecule has 31 heavy (non-hydrogen) atoms. The van der Waals surface area contributed by atoms with Gasteiger partial charge in [-0.1, -0.05) is 6.92 Å². The van der Waals surface area contributed by atoms with Gasteiger partial charge in [-0.3, -0.25) is 4.79 Å².